The maximum absolute atomic E-state index is 13.0. The number of aryl methyl sites for hydroxylation is 2. The van der Waals surface area contributed by atoms with Gasteiger partial charge in [0.05, 0.1) is 25.4 Å². The van der Waals surface area contributed by atoms with Gasteiger partial charge >= 0.3 is 5.97 Å². The van der Waals surface area contributed by atoms with Crippen molar-refractivity contribution in [3.8, 4) is 5.75 Å². The van der Waals surface area contributed by atoms with Crippen LogP contribution in [-0.4, -0.2) is 28.5 Å². The number of benzene rings is 1. The van der Waals surface area contributed by atoms with Crippen LogP contribution in [-0.2, 0) is 30.7 Å². The van der Waals surface area contributed by atoms with E-state index in [2.05, 4.69) is 57.1 Å². The molecule has 0 amide bonds. The molecule has 2 heterocycles. The lowest BCUT2D eigenvalue weighted by molar-refractivity contribution is 0.0507. The zero-order chi connectivity index (χ0) is 25.5. The molecule has 3 aromatic rings. The zero-order valence-corrected chi connectivity index (χ0v) is 20.4. The Kier molecular flexibility index (Phi) is 7.95. The first-order valence-electron chi connectivity index (χ1n) is 12.1. The summed E-state index contributed by atoms with van der Waals surface area (Å²) in [7, 11) is 0. The van der Waals surface area contributed by atoms with Crippen LogP contribution >= 0.6 is 0 Å². The number of esters is 1. The normalized spacial score (nSPS) is 12.6. The van der Waals surface area contributed by atoms with Crippen molar-refractivity contribution in [2.24, 2.45) is 10.2 Å². The second-order valence-electron chi connectivity index (χ2n) is 8.54. The van der Waals surface area contributed by atoms with Crippen LogP contribution in [0.3, 0.4) is 0 Å². The molecule has 1 fully saturated rings. The second kappa shape index (κ2) is 11.5. The van der Waals surface area contributed by atoms with E-state index in [1.165, 1.54) is 11.1 Å². The van der Waals surface area contributed by atoms with Gasteiger partial charge < -0.3 is 9.47 Å². The maximum Gasteiger partial charge on any atom is 0.357 e. The zero-order valence-electron chi connectivity index (χ0n) is 20.4. The molecule has 0 spiro atoms. The van der Waals surface area contributed by atoms with Crippen molar-refractivity contribution in [3.63, 3.8) is 0 Å². The van der Waals surface area contributed by atoms with E-state index in [9.17, 15) is 4.79 Å². The Morgan fingerprint density at radius 2 is 1.89 bits per heavy atom. The van der Waals surface area contributed by atoms with E-state index < -0.39 is 5.97 Å². The van der Waals surface area contributed by atoms with E-state index in [0.717, 1.165) is 36.8 Å². The van der Waals surface area contributed by atoms with Crippen LogP contribution in [0.5, 0.6) is 5.75 Å². The lowest BCUT2D eigenvalue weighted by Crippen LogP contribution is -2.13. The molecule has 0 bridgehead atoms. The van der Waals surface area contributed by atoms with Gasteiger partial charge in [-0.05, 0) is 71.0 Å². The van der Waals surface area contributed by atoms with Crippen molar-refractivity contribution < 1.29 is 14.3 Å². The highest BCUT2D eigenvalue weighted by atomic mass is 16.5. The van der Waals surface area contributed by atoms with E-state index in [-0.39, 0.29) is 25.4 Å². The van der Waals surface area contributed by atoms with Crippen molar-refractivity contribution in [2.45, 2.75) is 58.6 Å². The Morgan fingerprint density at radius 3 is 2.53 bits per heavy atom. The van der Waals surface area contributed by atoms with Crippen molar-refractivity contribution in [1.29, 1.82) is 0 Å². The first-order valence-corrected chi connectivity index (χ1v) is 12.1. The highest BCUT2D eigenvalue weighted by Crippen LogP contribution is 2.42. The number of azide groups is 2. The number of aromatic nitrogens is 2. The third-order valence-corrected chi connectivity index (χ3v) is 6.30. The molecular formula is C25H28N8O3. The summed E-state index contributed by atoms with van der Waals surface area (Å²) >= 11 is 0. The van der Waals surface area contributed by atoms with Gasteiger partial charge in [-0.15, -0.1) is 0 Å². The van der Waals surface area contributed by atoms with Gasteiger partial charge in [0, 0.05) is 16.0 Å². The maximum atomic E-state index is 13.0. The molecule has 4 rings (SSSR count). The van der Waals surface area contributed by atoms with Crippen LogP contribution in [0.2, 0.25) is 0 Å². The third-order valence-electron chi connectivity index (χ3n) is 6.30. The SMILES string of the molecule is CCc1cccc(CC)c1COc1cc(C2CC2)cn2c(C(=O)OCCN=[N+]=[N-])c(CN=[N+]=[N-])nc12. The fourth-order valence-electron chi connectivity index (χ4n) is 4.33. The number of pyridine rings is 1. The summed E-state index contributed by atoms with van der Waals surface area (Å²) in [6, 6.07) is 8.30. The Hall–Kier alpha value is -4.20. The third kappa shape index (κ3) is 5.38. The Labute approximate surface area is 208 Å². The Balaban J connectivity index is 1.76. The molecule has 0 saturated heterocycles. The van der Waals surface area contributed by atoms with Gasteiger partial charge in [0.1, 0.15) is 6.61 Å². The number of rotatable bonds is 12. The van der Waals surface area contributed by atoms with Gasteiger partial charge in [0.25, 0.3) is 0 Å². The molecule has 0 aliphatic heterocycles. The fraction of sp³-hybridized carbons (Fsp3) is 0.440. The molecule has 0 radical (unpaired) electrons. The largest absolute Gasteiger partial charge is 0.485 e. The van der Waals surface area contributed by atoms with Crippen LogP contribution in [0, 0.1) is 0 Å². The summed E-state index contributed by atoms with van der Waals surface area (Å²) < 4.78 is 13.4. The fourth-order valence-corrected chi connectivity index (χ4v) is 4.33. The Bertz CT molecular complexity index is 1340. The summed E-state index contributed by atoms with van der Waals surface area (Å²) in [6.07, 6.45) is 5.81. The number of nitrogens with zero attached hydrogens (tertiary/aromatic N) is 8. The van der Waals surface area contributed by atoms with E-state index >= 15 is 0 Å². The van der Waals surface area contributed by atoms with Gasteiger partial charge in [-0.1, -0.05) is 42.3 Å². The average molecular weight is 489 g/mol. The van der Waals surface area contributed by atoms with Crippen molar-refractivity contribution in [2.75, 3.05) is 13.2 Å². The van der Waals surface area contributed by atoms with E-state index in [4.69, 9.17) is 20.5 Å². The predicted octanol–water partition coefficient (Wildman–Crippen LogP) is 6.19. The number of hydrogen-bond acceptors (Lipinski definition) is 6. The topological polar surface area (TPSA) is 150 Å². The molecule has 11 nitrogen and oxygen atoms in total. The van der Waals surface area contributed by atoms with Crippen molar-refractivity contribution in [1.82, 2.24) is 9.38 Å². The molecule has 0 unspecified atom stereocenters. The van der Waals surface area contributed by atoms with Gasteiger partial charge in [-0.2, -0.15) is 0 Å². The quantitative estimate of drug-likeness (QED) is 0.0980. The molecule has 1 aromatic carbocycles. The smallest absolute Gasteiger partial charge is 0.357 e. The van der Waals surface area contributed by atoms with Crippen LogP contribution in [0.4, 0.5) is 0 Å². The second-order valence-corrected chi connectivity index (χ2v) is 8.54. The minimum Gasteiger partial charge on any atom is -0.485 e. The lowest BCUT2D eigenvalue weighted by atomic mass is 9.98. The summed E-state index contributed by atoms with van der Waals surface area (Å²) in [5.74, 6) is 0.313. The molecule has 1 saturated carbocycles. The molecule has 11 heteroatoms. The van der Waals surface area contributed by atoms with Gasteiger partial charge in [-0.3, -0.25) is 4.40 Å². The van der Waals surface area contributed by atoms with Gasteiger partial charge in [0.2, 0.25) is 0 Å². The van der Waals surface area contributed by atoms with E-state index in [1.54, 1.807) is 4.40 Å². The predicted molar refractivity (Wildman–Crippen MR) is 134 cm³/mol. The van der Waals surface area contributed by atoms with Crippen molar-refractivity contribution >= 4 is 11.6 Å². The molecule has 186 valence electrons. The van der Waals surface area contributed by atoms with E-state index in [1.807, 2.05) is 12.3 Å². The highest BCUT2D eigenvalue weighted by Gasteiger charge is 2.28. The van der Waals surface area contributed by atoms with Crippen LogP contribution in [0.1, 0.15) is 71.0 Å². The average Bonchev–Trinajstić information content (AvgIpc) is 3.68. The number of ether oxygens (including phenoxy) is 2. The summed E-state index contributed by atoms with van der Waals surface area (Å²) in [6.45, 7) is 4.46. The summed E-state index contributed by atoms with van der Waals surface area (Å²) in [5, 5.41) is 7.01. The number of carbonyl (C=O) groups excluding carboxylic acids is 1. The molecule has 0 N–H and O–H groups in total. The van der Waals surface area contributed by atoms with Gasteiger partial charge in [-0.25, -0.2) is 9.78 Å². The highest BCUT2D eigenvalue weighted by molar-refractivity contribution is 5.90. The number of imidazole rings is 1. The molecule has 1 aliphatic rings. The number of fused-ring (bicyclic) bond motifs is 1. The molecule has 1 aliphatic carbocycles. The minimum absolute atomic E-state index is 0.0168. The molecule has 36 heavy (non-hydrogen) atoms. The monoisotopic (exact) mass is 488 g/mol. The van der Waals surface area contributed by atoms with Crippen LogP contribution < -0.4 is 4.74 Å². The first-order chi connectivity index (χ1) is 17.6. The number of carbonyl (C=O) groups is 1. The summed E-state index contributed by atoms with van der Waals surface area (Å²) in [4.78, 5) is 23.1. The van der Waals surface area contributed by atoms with E-state index in [0.29, 0.717) is 29.6 Å². The number of hydrogen-bond donors (Lipinski definition) is 0. The van der Waals surface area contributed by atoms with Crippen LogP contribution in [0.15, 0.2) is 40.7 Å². The molecule has 0 atom stereocenters. The lowest BCUT2D eigenvalue weighted by Gasteiger charge is -2.15. The standard InChI is InChI=1S/C25H28N8O3/c1-3-16-6-5-7-17(4-2)20(16)15-36-22-12-19(18-8-9-18)14-33-23(25(34)35-11-10-28-31-26)21(13-29-32-27)30-24(22)33/h5-7,12,14,18H,3-4,8-11,13,15H2,1-2H3. The molecule has 2 aromatic heterocycles. The minimum atomic E-state index is -0.637. The molecular weight excluding hydrogens is 460 g/mol. The summed E-state index contributed by atoms with van der Waals surface area (Å²) in [5.41, 5.74) is 22.9. The van der Waals surface area contributed by atoms with Crippen molar-refractivity contribution in [3.05, 3.63) is 85.0 Å². The van der Waals surface area contributed by atoms with Gasteiger partial charge in [0.15, 0.2) is 17.1 Å². The van der Waals surface area contributed by atoms with Crippen LogP contribution in [0.25, 0.3) is 26.5 Å². The Morgan fingerprint density at radius 1 is 1.17 bits per heavy atom. The first kappa shape index (κ1) is 24.9.